The van der Waals surface area contributed by atoms with E-state index in [-0.39, 0.29) is 18.9 Å². The first-order valence-corrected chi connectivity index (χ1v) is 11.0. The van der Waals surface area contributed by atoms with Gasteiger partial charge in [0.1, 0.15) is 11.4 Å². The standard InChI is InChI=1S/C26H22ClN5O2/c1-34-21-11-9-20(10-12-21)32-25(16-24(30-32)22-7-2-3-8-23(22)27)26(33)31(15-5-13-28)18-19-6-4-14-29-17-19/h2-4,6-12,14,16-17H,5,15,18H2,1H3. The van der Waals surface area contributed by atoms with Gasteiger partial charge in [-0.2, -0.15) is 10.4 Å². The summed E-state index contributed by atoms with van der Waals surface area (Å²) < 4.78 is 6.86. The van der Waals surface area contributed by atoms with E-state index in [1.807, 2.05) is 54.6 Å². The third kappa shape index (κ3) is 5.08. The highest BCUT2D eigenvalue weighted by Gasteiger charge is 2.24. The SMILES string of the molecule is COc1ccc(-n2nc(-c3ccccc3Cl)cc2C(=O)N(CCC#N)Cc2cccnc2)cc1. The minimum atomic E-state index is -0.249. The zero-order valence-corrected chi connectivity index (χ0v) is 19.3. The minimum Gasteiger partial charge on any atom is -0.497 e. The second kappa shape index (κ2) is 10.6. The Morgan fingerprint density at radius 3 is 2.62 bits per heavy atom. The largest absolute Gasteiger partial charge is 0.497 e. The van der Waals surface area contributed by atoms with E-state index in [0.717, 1.165) is 11.1 Å². The number of halogens is 1. The van der Waals surface area contributed by atoms with Gasteiger partial charge in [0.05, 0.1) is 36.0 Å². The molecule has 0 saturated heterocycles. The number of aromatic nitrogens is 3. The van der Waals surface area contributed by atoms with E-state index in [2.05, 4.69) is 11.1 Å². The van der Waals surface area contributed by atoms with Crippen molar-refractivity contribution in [2.24, 2.45) is 0 Å². The Bertz CT molecular complexity index is 1310. The van der Waals surface area contributed by atoms with Crippen LogP contribution in [0.25, 0.3) is 16.9 Å². The Hall–Kier alpha value is -4.15. The summed E-state index contributed by atoms with van der Waals surface area (Å²) in [6.45, 7) is 0.600. The molecule has 2 aromatic heterocycles. The molecular weight excluding hydrogens is 450 g/mol. The molecule has 8 heteroatoms. The summed E-state index contributed by atoms with van der Waals surface area (Å²) in [7, 11) is 1.60. The Balaban J connectivity index is 1.79. The van der Waals surface area contributed by atoms with Crippen LogP contribution in [0, 0.1) is 11.3 Å². The van der Waals surface area contributed by atoms with E-state index >= 15 is 0 Å². The monoisotopic (exact) mass is 471 g/mol. The van der Waals surface area contributed by atoms with Crippen LogP contribution in [0.5, 0.6) is 5.75 Å². The maximum absolute atomic E-state index is 13.8. The molecule has 34 heavy (non-hydrogen) atoms. The highest BCUT2D eigenvalue weighted by molar-refractivity contribution is 6.33. The number of methoxy groups -OCH3 is 1. The van der Waals surface area contributed by atoms with Crippen molar-refractivity contribution in [3.63, 3.8) is 0 Å². The van der Waals surface area contributed by atoms with Gasteiger partial charge in [-0.15, -0.1) is 0 Å². The van der Waals surface area contributed by atoms with Crippen molar-refractivity contribution in [3.8, 4) is 28.8 Å². The maximum Gasteiger partial charge on any atom is 0.272 e. The number of carbonyl (C=O) groups excluding carboxylic acids is 1. The third-order valence-electron chi connectivity index (χ3n) is 5.27. The van der Waals surface area contributed by atoms with Crippen LogP contribution in [0.2, 0.25) is 5.02 Å². The van der Waals surface area contributed by atoms with Crippen LogP contribution < -0.4 is 4.74 Å². The van der Waals surface area contributed by atoms with Gasteiger partial charge in [0.2, 0.25) is 0 Å². The second-order valence-corrected chi connectivity index (χ2v) is 7.91. The smallest absolute Gasteiger partial charge is 0.272 e. The molecular formula is C26H22ClN5O2. The zero-order chi connectivity index (χ0) is 23.9. The first-order valence-electron chi connectivity index (χ1n) is 10.6. The van der Waals surface area contributed by atoms with E-state index in [4.69, 9.17) is 26.7 Å². The molecule has 0 radical (unpaired) electrons. The van der Waals surface area contributed by atoms with Gasteiger partial charge in [-0.1, -0.05) is 35.9 Å². The van der Waals surface area contributed by atoms with Gasteiger partial charge in [0.25, 0.3) is 5.91 Å². The number of carbonyl (C=O) groups is 1. The first kappa shape index (κ1) is 23.0. The molecule has 2 heterocycles. The normalized spacial score (nSPS) is 10.5. The van der Waals surface area contributed by atoms with E-state index < -0.39 is 0 Å². The molecule has 4 aromatic rings. The Labute approximate surface area is 202 Å². The Morgan fingerprint density at radius 1 is 1.15 bits per heavy atom. The van der Waals surface area contributed by atoms with Gasteiger partial charge in [0, 0.05) is 31.0 Å². The molecule has 0 bridgehead atoms. The zero-order valence-electron chi connectivity index (χ0n) is 18.6. The van der Waals surface area contributed by atoms with Crippen LogP contribution in [-0.2, 0) is 6.54 Å². The van der Waals surface area contributed by atoms with Gasteiger partial charge in [-0.05, 0) is 48.0 Å². The number of rotatable bonds is 8. The predicted octanol–water partition coefficient (Wildman–Crippen LogP) is 5.15. The molecule has 0 aliphatic rings. The lowest BCUT2D eigenvalue weighted by atomic mass is 10.1. The molecule has 2 aromatic carbocycles. The van der Waals surface area contributed by atoms with Crippen LogP contribution in [0.15, 0.2) is 79.1 Å². The summed E-state index contributed by atoms with van der Waals surface area (Å²) in [6.07, 6.45) is 3.60. The van der Waals surface area contributed by atoms with Gasteiger partial charge in [-0.25, -0.2) is 4.68 Å². The molecule has 170 valence electrons. The molecule has 0 aliphatic heterocycles. The summed E-state index contributed by atoms with van der Waals surface area (Å²) in [6, 6.07) is 22.2. The molecule has 0 unspecified atom stereocenters. The van der Waals surface area contributed by atoms with Gasteiger partial charge in [-0.3, -0.25) is 9.78 Å². The summed E-state index contributed by atoms with van der Waals surface area (Å²) in [5.41, 5.74) is 3.23. The summed E-state index contributed by atoms with van der Waals surface area (Å²) in [5, 5.41) is 14.4. The lowest BCUT2D eigenvalue weighted by molar-refractivity contribution is 0.0737. The number of benzene rings is 2. The van der Waals surface area contributed by atoms with Crippen molar-refractivity contribution < 1.29 is 9.53 Å². The lowest BCUT2D eigenvalue weighted by Crippen LogP contribution is -2.33. The average molecular weight is 472 g/mol. The predicted molar refractivity (Wildman–Crippen MR) is 130 cm³/mol. The van der Waals surface area contributed by atoms with Crippen molar-refractivity contribution >= 4 is 17.5 Å². The second-order valence-electron chi connectivity index (χ2n) is 7.50. The lowest BCUT2D eigenvalue weighted by Gasteiger charge is -2.22. The van der Waals surface area contributed by atoms with E-state index in [9.17, 15) is 4.79 Å². The van der Waals surface area contributed by atoms with E-state index in [1.54, 1.807) is 41.2 Å². The van der Waals surface area contributed by atoms with Gasteiger partial charge < -0.3 is 9.64 Å². The Kier molecular flexibility index (Phi) is 7.21. The quantitative estimate of drug-likeness (QED) is 0.354. The number of ether oxygens (including phenoxy) is 1. The molecule has 7 nitrogen and oxygen atoms in total. The minimum absolute atomic E-state index is 0.208. The summed E-state index contributed by atoms with van der Waals surface area (Å²) in [5.74, 6) is 0.447. The third-order valence-corrected chi connectivity index (χ3v) is 5.60. The van der Waals surface area contributed by atoms with Crippen molar-refractivity contribution in [2.45, 2.75) is 13.0 Å². The van der Waals surface area contributed by atoms with Crippen LogP contribution in [-0.4, -0.2) is 39.2 Å². The fourth-order valence-corrected chi connectivity index (χ4v) is 3.80. The number of pyridine rings is 1. The number of nitriles is 1. The molecule has 0 aliphatic carbocycles. The van der Waals surface area contributed by atoms with Crippen molar-refractivity contribution in [3.05, 3.63) is 95.4 Å². The van der Waals surface area contributed by atoms with Crippen molar-refractivity contribution in [1.82, 2.24) is 19.7 Å². The first-order chi connectivity index (χ1) is 16.6. The molecule has 0 N–H and O–H groups in total. The fraction of sp³-hybridized carbons (Fsp3) is 0.154. The molecule has 0 saturated carbocycles. The number of hydrogen-bond acceptors (Lipinski definition) is 5. The van der Waals surface area contributed by atoms with Gasteiger partial charge >= 0.3 is 0 Å². The van der Waals surface area contributed by atoms with Crippen LogP contribution >= 0.6 is 11.6 Å². The topological polar surface area (TPSA) is 84.0 Å². The number of hydrogen-bond donors (Lipinski definition) is 0. The van der Waals surface area contributed by atoms with Crippen molar-refractivity contribution in [2.75, 3.05) is 13.7 Å². The Morgan fingerprint density at radius 2 is 1.94 bits per heavy atom. The maximum atomic E-state index is 13.8. The van der Waals surface area contributed by atoms with E-state index in [0.29, 0.717) is 34.4 Å². The van der Waals surface area contributed by atoms with Crippen LogP contribution in [0.4, 0.5) is 0 Å². The van der Waals surface area contributed by atoms with Crippen LogP contribution in [0.1, 0.15) is 22.5 Å². The molecule has 4 rings (SSSR count). The molecule has 0 atom stereocenters. The van der Waals surface area contributed by atoms with E-state index in [1.165, 1.54) is 0 Å². The average Bonchev–Trinajstić information content (AvgIpc) is 3.32. The number of amides is 1. The molecule has 1 amide bonds. The molecule has 0 spiro atoms. The number of nitrogens with zero attached hydrogens (tertiary/aromatic N) is 5. The van der Waals surface area contributed by atoms with Crippen molar-refractivity contribution in [1.29, 1.82) is 5.26 Å². The highest BCUT2D eigenvalue weighted by atomic mass is 35.5. The molecule has 0 fully saturated rings. The summed E-state index contributed by atoms with van der Waals surface area (Å²) >= 11 is 6.42. The van der Waals surface area contributed by atoms with Crippen LogP contribution in [0.3, 0.4) is 0 Å². The fourth-order valence-electron chi connectivity index (χ4n) is 3.57. The summed E-state index contributed by atoms with van der Waals surface area (Å²) in [4.78, 5) is 19.6. The highest BCUT2D eigenvalue weighted by Crippen LogP contribution is 2.29. The van der Waals surface area contributed by atoms with Gasteiger partial charge in [0.15, 0.2) is 0 Å².